The minimum Gasteiger partial charge on any atom is -0.490 e. The molecule has 2 aromatic heterocycles. The van der Waals surface area contributed by atoms with E-state index in [4.69, 9.17) is 14.2 Å². The van der Waals surface area contributed by atoms with Gasteiger partial charge in [0.2, 0.25) is 0 Å². The van der Waals surface area contributed by atoms with E-state index >= 15 is 0 Å². The number of halogens is 3. The van der Waals surface area contributed by atoms with E-state index in [-0.39, 0.29) is 53.3 Å². The van der Waals surface area contributed by atoms with Gasteiger partial charge in [-0.2, -0.15) is 0 Å². The number of hydrogen-bond acceptors (Lipinski definition) is 10. The highest BCUT2D eigenvalue weighted by molar-refractivity contribution is 5.97. The number of hydrogen-bond donors (Lipinski definition) is 1. The van der Waals surface area contributed by atoms with Crippen LogP contribution in [0.1, 0.15) is 75.1 Å². The van der Waals surface area contributed by atoms with E-state index in [0.717, 1.165) is 30.5 Å². The molecule has 6 rings (SSSR count). The predicted octanol–water partition coefficient (Wildman–Crippen LogP) is 5.61. The molecule has 1 atom stereocenters. The van der Waals surface area contributed by atoms with Crippen molar-refractivity contribution in [2.75, 3.05) is 44.3 Å². The lowest BCUT2D eigenvalue weighted by atomic mass is 9.61. The molecule has 1 spiro atoms. The average Bonchev–Trinajstić information content (AvgIpc) is 3.04. The van der Waals surface area contributed by atoms with Gasteiger partial charge in [-0.3, -0.25) is 9.78 Å². The molecule has 1 N–H and O–H groups in total. The third kappa shape index (κ3) is 7.64. The molecule has 1 saturated carbocycles. The number of anilines is 1. The average molecular weight is 672 g/mol. The number of amides is 1. The van der Waals surface area contributed by atoms with Crippen molar-refractivity contribution >= 4 is 11.7 Å². The number of nitrogens with one attached hydrogen (secondary N) is 1. The van der Waals surface area contributed by atoms with Gasteiger partial charge in [-0.25, -0.2) is 18.2 Å². The number of nitrogens with zero attached hydrogens (tertiary/aromatic N) is 6. The summed E-state index contributed by atoms with van der Waals surface area (Å²) in [5.41, 5.74) is 1.91. The molecule has 0 bridgehead atoms. The molecule has 48 heavy (non-hydrogen) atoms. The van der Waals surface area contributed by atoms with E-state index in [2.05, 4.69) is 25.5 Å². The second-order valence-corrected chi connectivity index (χ2v) is 12.4. The van der Waals surface area contributed by atoms with Gasteiger partial charge in [-0.15, -0.1) is 10.2 Å². The quantitative estimate of drug-likeness (QED) is 0.261. The largest absolute Gasteiger partial charge is 0.490 e. The lowest BCUT2D eigenvalue weighted by Crippen LogP contribution is -2.65. The Morgan fingerprint density at radius 1 is 1.15 bits per heavy atom. The lowest BCUT2D eigenvalue weighted by molar-refractivity contribution is -0.0357. The van der Waals surface area contributed by atoms with Crippen LogP contribution in [0.3, 0.4) is 0 Å². The van der Waals surface area contributed by atoms with Crippen LogP contribution in [0.4, 0.5) is 19.0 Å². The van der Waals surface area contributed by atoms with Crippen molar-refractivity contribution in [2.45, 2.75) is 78.5 Å². The fourth-order valence-corrected chi connectivity index (χ4v) is 6.70. The lowest BCUT2D eigenvalue weighted by Gasteiger charge is -2.58. The van der Waals surface area contributed by atoms with Crippen LogP contribution >= 0.6 is 0 Å². The highest BCUT2D eigenvalue weighted by Crippen LogP contribution is 2.52. The van der Waals surface area contributed by atoms with Crippen molar-refractivity contribution in [2.24, 2.45) is 5.41 Å². The summed E-state index contributed by atoms with van der Waals surface area (Å²) in [5.74, 6) is 0.622. The maximum Gasteiger partial charge on any atom is 0.282 e. The fraction of sp³-hybridized carbons (Fsp3) is 0.559. The van der Waals surface area contributed by atoms with E-state index in [1.165, 1.54) is 24.5 Å². The van der Waals surface area contributed by atoms with Gasteiger partial charge in [0.15, 0.2) is 5.82 Å². The standard InChI is InChI=1S/C32H38F3N7O4.C2H6/c1-4-42(19(2)3)31(43)22-11-20(33)5-6-25(22)46-30-29(38-18-39-40-30)41-16-32(17-41)12-21(13-32)45-26-8-10-36-23-7-9-37-24(28(23)26)14-44-15-27(34)35;1-2/h5-6,8,10-11,18-19,21,24,27,37H,4,7,9,12-17H2,1-3H3;1-2H3. The molecule has 2 fully saturated rings. The molecule has 1 amide bonds. The minimum atomic E-state index is -2.52. The van der Waals surface area contributed by atoms with Gasteiger partial charge in [0.1, 0.15) is 36.4 Å². The molecule has 0 radical (unpaired) electrons. The summed E-state index contributed by atoms with van der Waals surface area (Å²) in [7, 11) is 0. The summed E-state index contributed by atoms with van der Waals surface area (Å²) in [6.07, 6.45) is 2.92. The minimum absolute atomic E-state index is 0.00675. The van der Waals surface area contributed by atoms with Crippen LogP contribution < -0.4 is 19.7 Å². The second kappa shape index (κ2) is 15.5. The number of carbonyl (C=O) groups is 1. The smallest absolute Gasteiger partial charge is 0.282 e. The van der Waals surface area contributed by atoms with Crippen LogP contribution in [0, 0.1) is 11.2 Å². The Balaban J connectivity index is 0.00000221. The Morgan fingerprint density at radius 2 is 1.92 bits per heavy atom. The predicted molar refractivity (Wildman–Crippen MR) is 173 cm³/mol. The molecule has 1 aromatic carbocycles. The van der Waals surface area contributed by atoms with Crippen molar-refractivity contribution in [1.29, 1.82) is 0 Å². The SMILES string of the molecule is CC.CCN(C(=O)c1cc(F)ccc1Oc1nncnc1N1CC2(CC(Oc3ccnc4c3C(COCC(F)F)NCC4)C2)C1)C(C)C. The van der Waals surface area contributed by atoms with Crippen molar-refractivity contribution in [3.63, 3.8) is 0 Å². The maximum atomic E-state index is 14.2. The Bertz CT molecular complexity index is 1550. The summed E-state index contributed by atoms with van der Waals surface area (Å²) in [4.78, 5) is 25.9. The summed E-state index contributed by atoms with van der Waals surface area (Å²) in [5, 5.41) is 11.4. The first-order valence-corrected chi connectivity index (χ1v) is 16.6. The Kier molecular flexibility index (Phi) is 11.4. The van der Waals surface area contributed by atoms with Gasteiger partial charge in [0, 0.05) is 55.8 Å². The molecule has 1 saturated heterocycles. The van der Waals surface area contributed by atoms with E-state index in [0.29, 0.717) is 37.7 Å². The van der Waals surface area contributed by atoms with Gasteiger partial charge in [-0.1, -0.05) is 13.8 Å². The number of fused-ring (bicyclic) bond motifs is 1. The number of ether oxygens (including phenoxy) is 3. The third-order valence-electron chi connectivity index (χ3n) is 8.80. The van der Waals surface area contributed by atoms with Crippen molar-refractivity contribution in [1.82, 2.24) is 30.4 Å². The van der Waals surface area contributed by atoms with Crippen LogP contribution in [0.15, 0.2) is 36.8 Å². The van der Waals surface area contributed by atoms with E-state index in [1.807, 2.05) is 45.6 Å². The number of rotatable bonds is 12. The van der Waals surface area contributed by atoms with Crippen LogP contribution in [0.2, 0.25) is 0 Å². The van der Waals surface area contributed by atoms with Crippen molar-refractivity contribution in [3.8, 4) is 17.4 Å². The number of alkyl halides is 2. The fourth-order valence-electron chi connectivity index (χ4n) is 6.70. The van der Waals surface area contributed by atoms with E-state index in [1.54, 1.807) is 11.1 Å². The molecular weight excluding hydrogens is 627 g/mol. The highest BCUT2D eigenvalue weighted by Gasteiger charge is 2.54. The first-order chi connectivity index (χ1) is 23.2. The number of aromatic nitrogens is 4. The molecule has 3 aliphatic rings. The molecule has 14 heteroatoms. The zero-order valence-electron chi connectivity index (χ0n) is 28.1. The first-order valence-electron chi connectivity index (χ1n) is 16.6. The zero-order valence-corrected chi connectivity index (χ0v) is 28.1. The maximum absolute atomic E-state index is 14.2. The first kappa shape index (κ1) is 35.3. The molecule has 4 heterocycles. The number of benzene rings is 1. The normalized spacial score (nSPS) is 18.0. The van der Waals surface area contributed by atoms with Crippen LogP contribution in [0.5, 0.6) is 17.4 Å². The van der Waals surface area contributed by atoms with Crippen molar-refractivity contribution < 1.29 is 32.2 Å². The van der Waals surface area contributed by atoms with Crippen LogP contribution in [0.25, 0.3) is 0 Å². The van der Waals surface area contributed by atoms with Gasteiger partial charge in [-0.05, 0) is 57.9 Å². The summed E-state index contributed by atoms with van der Waals surface area (Å²) in [6, 6.07) is 5.31. The molecule has 11 nitrogen and oxygen atoms in total. The third-order valence-corrected chi connectivity index (χ3v) is 8.80. The molecule has 260 valence electrons. The van der Waals surface area contributed by atoms with Gasteiger partial charge < -0.3 is 29.3 Å². The summed E-state index contributed by atoms with van der Waals surface area (Å²) >= 11 is 0. The van der Waals surface area contributed by atoms with Crippen molar-refractivity contribution in [3.05, 3.63) is 59.4 Å². The molecular formula is C34H44F3N7O4. The number of pyridine rings is 1. The number of carbonyl (C=O) groups excluding carboxylic acids is 1. The molecule has 2 aliphatic heterocycles. The van der Waals surface area contributed by atoms with Crippen LogP contribution in [-0.4, -0.2) is 88.9 Å². The topological polar surface area (TPSA) is 115 Å². The Labute approximate surface area is 279 Å². The molecule has 1 aliphatic carbocycles. The summed E-state index contributed by atoms with van der Waals surface area (Å²) < 4.78 is 57.3. The van der Waals surface area contributed by atoms with E-state index in [9.17, 15) is 18.0 Å². The molecule has 3 aromatic rings. The molecule has 1 unspecified atom stereocenters. The van der Waals surface area contributed by atoms with Gasteiger partial charge in [0.05, 0.1) is 23.9 Å². The van der Waals surface area contributed by atoms with Gasteiger partial charge in [0.25, 0.3) is 18.2 Å². The Hall–Kier alpha value is -4.04. The van der Waals surface area contributed by atoms with Crippen LogP contribution in [-0.2, 0) is 11.2 Å². The summed E-state index contributed by atoms with van der Waals surface area (Å²) in [6.45, 7) is 11.7. The highest BCUT2D eigenvalue weighted by atomic mass is 19.3. The second-order valence-electron chi connectivity index (χ2n) is 12.4. The van der Waals surface area contributed by atoms with Gasteiger partial charge >= 0.3 is 0 Å². The zero-order chi connectivity index (χ0) is 34.4. The van der Waals surface area contributed by atoms with E-state index < -0.39 is 18.8 Å². The Morgan fingerprint density at radius 3 is 2.62 bits per heavy atom. The monoisotopic (exact) mass is 671 g/mol.